The zero-order chi connectivity index (χ0) is 11.7. The number of para-hydroxylation sites is 1. The fraction of sp³-hybridized carbons (Fsp3) is 0.462. The van der Waals surface area contributed by atoms with E-state index >= 15 is 0 Å². The molecule has 2 aromatic rings. The molecule has 3 nitrogen and oxygen atoms in total. The summed E-state index contributed by atoms with van der Waals surface area (Å²) in [6.07, 6.45) is 1.20. The van der Waals surface area contributed by atoms with E-state index in [0.717, 1.165) is 24.4 Å². The predicted molar refractivity (Wildman–Crippen MR) is 71.0 cm³/mol. The van der Waals surface area contributed by atoms with E-state index in [-0.39, 0.29) is 0 Å². The van der Waals surface area contributed by atoms with Gasteiger partial charge in [-0.25, -0.2) is 4.98 Å². The maximum absolute atomic E-state index is 5.62. The van der Waals surface area contributed by atoms with Crippen molar-refractivity contribution in [1.29, 1.82) is 0 Å². The molecule has 1 aliphatic heterocycles. The van der Waals surface area contributed by atoms with Gasteiger partial charge in [0.25, 0.3) is 0 Å². The van der Waals surface area contributed by atoms with E-state index in [1.165, 1.54) is 16.1 Å². The second kappa shape index (κ2) is 4.63. The van der Waals surface area contributed by atoms with Crippen LogP contribution in [0.4, 0.5) is 0 Å². The fourth-order valence-corrected chi connectivity index (χ4v) is 3.37. The van der Waals surface area contributed by atoms with Crippen molar-refractivity contribution in [3.63, 3.8) is 0 Å². The predicted octanol–water partition coefficient (Wildman–Crippen LogP) is 2.77. The molecule has 17 heavy (non-hydrogen) atoms. The van der Waals surface area contributed by atoms with Gasteiger partial charge in [-0.05, 0) is 32.0 Å². The van der Waals surface area contributed by atoms with Crippen LogP contribution in [0.5, 0.6) is 5.75 Å². The van der Waals surface area contributed by atoms with Gasteiger partial charge in [-0.2, -0.15) is 0 Å². The van der Waals surface area contributed by atoms with Crippen LogP contribution in [-0.4, -0.2) is 24.7 Å². The van der Waals surface area contributed by atoms with Crippen molar-refractivity contribution in [3.05, 3.63) is 23.2 Å². The van der Waals surface area contributed by atoms with Crippen LogP contribution in [0.2, 0.25) is 0 Å². The highest BCUT2D eigenvalue weighted by molar-refractivity contribution is 7.18. The maximum atomic E-state index is 5.62. The molecule has 1 saturated heterocycles. The average Bonchev–Trinajstić information content (AvgIpc) is 2.98. The average molecular weight is 248 g/mol. The number of hydrogen-bond donors (Lipinski definition) is 1. The zero-order valence-corrected chi connectivity index (χ0v) is 10.7. The summed E-state index contributed by atoms with van der Waals surface area (Å²) in [4.78, 5) is 4.77. The van der Waals surface area contributed by atoms with Crippen molar-refractivity contribution < 1.29 is 4.74 Å². The third kappa shape index (κ3) is 2.03. The number of fused-ring (bicyclic) bond motifs is 1. The topological polar surface area (TPSA) is 34.1 Å². The molecule has 1 fully saturated rings. The van der Waals surface area contributed by atoms with Crippen LogP contribution in [0.1, 0.15) is 24.3 Å². The van der Waals surface area contributed by atoms with Gasteiger partial charge >= 0.3 is 0 Å². The van der Waals surface area contributed by atoms with Gasteiger partial charge in [0.05, 0.1) is 16.3 Å². The summed E-state index contributed by atoms with van der Waals surface area (Å²) in [5.41, 5.74) is 1.03. The third-order valence-electron chi connectivity index (χ3n) is 3.11. The Morgan fingerprint density at radius 3 is 3.24 bits per heavy atom. The number of rotatable bonds is 3. The Kier molecular flexibility index (Phi) is 2.99. The van der Waals surface area contributed by atoms with Gasteiger partial charge in [0, 0.05) is 12.5 Å². The smallest absolute Gasteiger partial charge is 0.146 e. The molecule has 1 N–H and O–H groups in total. The minimum absolute atomic E-state index is 0.585. The number of thiazole rings is 1. The Hall–Kier alpha value is -1.13. The number of hydrogen-bond acceptors (Lipinski definition) is 4. The Morgan fingerprint density at radius 1 is 1.53 bits per heavy atom. The van der Waals surface area contributed by atoms with E-state index < -0.39 is 0 Å². The second-order valence-corrected chi connectivity index (χ2v) is 5.34. The van der Waals surface area contributed by atoms with Crippen LogP contribution in [0.15, 0.2) is 18.2 Å². The molecule has 1 aromatic carbocycles. The molecular formula is C13H16N2OS. The first kappa shape index (κ1) is 11.0. The molecule has 4 heteroatoms. The molecule has 0 aliphatic carbocycles. The van der Waals surface area contributed by atoms with E-state index in [0.29, 0.717) is 12.5 Å². The highest BCUT2D eigenvalue weighted by Crippen LogP contribution is 2.34. The number of nitrogens with zero attached hydrogens (tertiary/aromatic N) is 1. The summed E-state index contributed by atoms with van der Waals surface area (Å²) in [5, 5.41) is 4.64. The molecule has 0 radical (unpaired) electrons. The van der Waals surface area contributed by atoms with Crippen LogP contribution in [-0.2, 0) is 0 Å². The third-order valence-corrected chi connectivity index (χ3v) is 4.29. The molecule has 0 amide bonds. The molecular weight excluding hydrogens is 232 g/mol. The van der Waals surface area contributed by atoms with Gasteiger partial charge in [-0.15, -0.1) is 11.3 Å². The lowest BCUT2D eigenvalue weighted by Gasteiger charge is -2.03. The van der Waals surface area contributed by atoms with Crippen LogP contribution in [0.25, 0.3) is 10.2 Å². The molecule has 0 bridgehead atoms. The van der Waals surface area contributed by atoms with Crippen LogP contribution in [0.3, 0.4) is 0 Å². The van der Waals surface area contributed by atoms with Crippen molar-refractivity contribution in [2.75, 3.05) is 19.7 Å². The van der Waals surface area contributed by atoms with Gasteiger partial charge in [0.1, 0.15) is 11.3 Å². The first-order chi connectivity index (χ1) is 8.38. The molecule has 2 heterocycles. The van der Waals surface area contributed by atoms with Crippen LogP contribution >= 0.6 is 11.3 Å². The van der Waals surface area contributed by atoms with Gasteiger partial charge in [-0.3, -0.25) is 0 Å². The minimum Gasteiger partial charge on any atom is -0.492 e. The van der Waals surface area contributed by atoms with E-state index in [4.69, 9.17) is 9.72 Å². The molecule has 90 valence electrons. The minimum atomic E-state index is 0.585. The Bertz CT molecular complexity index is 517. The molecule has 1 aromatic heterocycles. The Labute approximate surface area is 105 Å². The van der Waals surface area contributed by atoms with Gasteiger partial charge in [-0.1, -0.05) is 6.07 Å². The fourth-order valence-electron chi connectivity index (χ4n) is 2.25. The standard InChI is InChI=1S/C13H16N2OS/c1-2-16-10-4-3-5-11-12(10)15-13(17-11)9-6-7-14-8-9/h3-5,9,14H,2,6-8H2,1H3. The van der Waals surface area contributed by atoms with Crippen molar-refractivity contribution in [1.82, 2.24) is 10.3 Å². The number of benzene rings is 1. The van der Waals surface area contributed by atoms with Crippen molar-refractivity contribution in [2.45, 2.75) is 19.3 Å². The summed E-state index contributed by atoms with van der Waals surface area (Å²) in [7, 11) is 0. The highest BCUT2D eigenvalue weighted by atomic mass is 32.1. The van der Waals surface area contributed by atoms with E-state index in [2.05, 4.69) is 11.4 Å². The molecule has 1 unspecified atom stereocenters. The summed E-state index contributed by atoms with van der Waals surface area (Å²) < 4.78 is 6.86. The molecule has 3 rings (SSSR count). The lowest BCUT2D eigenvalue weighted by molar-refractivity contribution is 0.343. The zero-order valence-electron chi connectivity index (χ0n) is 9.90. The summed E-state index contributed by atoms with van der Waals surface area (Å²) in [6.45, 7) is 4.87. The van der Waals surface area contributed by atoms with Crippen molar-refractivity contribution in [2.24, 2.45) is 0 Å². The lowest BCUT2D eigenvalue weighted by atomic mass is 10.1. The number of ether oxygens (including phenoxy) is 1. The van der Waals surface area contributed by atoms with Crippen molar-refractivity contribution in [3.8, 4) is 5.75 Å². The van der Waals surface area contributed by atoms with Crippen LogP contribution < -0.4 is 10.1 Å². The first-order valence-electron chi connectivity index (χ1n) is 6.11. The second-order valence-electron chi connectivity index (χ2n) is 4.28. The summed E-state index contributed by atoms with van der Waals surface area (Å²) in [6, 6.07) is 6.17. The molecule has 0 spiro atoms. The molecule has 1 atom stereocenters. The summed E-state index contributed by atoms with van der Waals surface area (Å²) in [5.74, 6) is 1.50. The quantitative estimate of drug-likeness (QED) is 0.907. The maximum Gasteiger partial charge on any atom is 0.146 e. The number of nitrogens with one attached hydrogen (secondary N) is 1. The van der Waals surface area contributed by atoms with Gasteiger partial charge in [0.15, 0.2) is 0 Å². The molecule has 1 aliphatic rings. The van der Waals surface area contributed by atoms with Crippen molar-refractivity contribution >= 4 is 21.6 Å². The Morgan fingerprint density at radius 2 is 2.47 bits per heavy atom. The van der Waals surface area contributed by atoms with E-state index in [9.17, 15) is 0 Å². The van der Waals surface area contributed by atoms with E-state index in [1.807, 2.05) is 19.1 Å². The summed E-state index contributed by atoms with van der Waals surface area (Å²) >= 11 is 1.80. The van der Waals surface area contributed by atoms with Gasteiger partial charge < -0.3 is 10.1 Å². The SMILES string of the molecule is CCOc1cccc2sc(C3CCNC3)nc12. The lowest BCUT2D eigenvalue weighted by Crippen LogP contribution is -2.07. The first-order valence-corrected chi connectivity index (χ1v) is 6.93. The highest BCUT2D eigenvalue weighted by Gasteiger charge is 2.21. The van der Waals surface area contributed by atoms with Gasteiger partial charge in [0.2, 0.25) is 0 Å². The monoisotopic (exact) mass is 248 g/mol. The van der Waals surface area contributed by atoms with Crippen LogP contribution in [0, 0.1) is 0 Å². The largest absolute Gasteiger partial charge is 0.492 e. The Balaban J connectivity index is 2.02. The van der Waals surface area contributed by atoms with E-state index in [1.54, 1.807) is 11.3 Å². The molecule has 0 saturated carbocycles. The number of aromatic nitrogens is 1. The normalized spacial score (nSPS) is 19.9.